The van der Waals surface area contributed by atoms with E-state index in [4.69, 9.17) is 27.9 Å². The fraction of sp³-hybridized carbons (Fsp3) is 0.100. The van der Waals surface area contributed by atoms with Crippen molar-refractivity contribution in [1.29, 1.82) is 0 Å². The number of nitrogens with one attached hydrogen (secondary N) is 1. The Labute approximate surface area is 170 Å². The summed E-state index contributed by atoms with van der Waals surface area (Å²) in [5, 5.41) is 5.42. The van der Waals surface area contributed by atoms with Gasteiger partial charge < -0.3 is 10.1 Å². The first-order chi connectivity index (χ1) is 13.0. The van der Waals surface area contributed by atoms with Gasteiger partial charge in [0.05, 0.1) is 16.6 Å². The van der Waals surface area contributed by atoms with Gasteiger partial charge in [-0.1, -0.05) is 59.6 Å². The van der Waals surface area contributed by atoms with E-state index in [1.165, 1.54) is 23.5 Å². The zero-order valence-electron chi connectivity index (χ0n) is 14.0. The van der Waals surface area contributed by atoms with Crippen LogP contribution in [0, 0.1) is 0 Å². The van der Waals surface area contributed by atoms with Crippen molar-refractivity contribution in [2.75, 3.05) is 6.61 Å². The molecule has 3 aromatic rings. The van der Waals surface area contributed by atoms with Gasteiger partial charge in [0.25, 0.3) is 5.91 Å². The quantitative estimate of drug-likeness (QED) is 0.564. The maximum Gasteiger partial charge on any atom is 0.340 e. The summed E-state index contributed by atoms with van der Waals surface area (Å²) in [5.74, 6) is -1.12. The molecule has 0 fully saturated rings. The average Bonchev–Trinajstić information content (AvgIpc) is 3.21. The summed E-state index contributed by atoms with van der Waals surface area (Å²) in [6, 6.07) is 17.6. The highest BCUT2D eigenvalue weighted by atomic mass is 35.5. The van der Waals surface area contributed by atoms with Gasteiger partial charge in [-0.15, -0.1) is 11.3 Å². The van der Waals surface area contributed by atoms with E-state index < -0.39 is 18.5 Å². The maximum atomic E-state index is 12.4. The van der Waals surface area contributed by atoms with Crippen LogP contribution in [0.4, 0.5) is 0 Å². The van der Waals surface area contributed by atoms with Crippen molar-refractivity contribution < 1.29 is 14.3 Å². The molecular weight excluding hydrogens is 405 g/mol. The Balaban J connectivity index is 1.66. The van der Waals surface area contributed by atoms with Gasteiger partial charge in [0, 0.05) is 9.90 Å². The summed E-state index contributed by atoms with van der Waals surface area (Å²) < 4.78 is 5.09. The van der Waals surface area contributed by atoms with Crippen LogP contribution in [-0.4, -0.2) is 18.5 Å². The van der Waals surface area contributed by atoms with Gasteiger partial charge in [0.15, 0.2) is 6.61 Å². The number of benzene rings is 2. The predicted molar refractivity (Wildman–Crippen MR) is 107 cm³/mol. The van der Waals surface area contributed by atoms with Crippen molar-refractivity contribution >= 4 is 46.4 Å². The number of hydrogen-bond donors (Lipinski definition) is 1. The van der Waals surface area contributed by atoms with Gasteiger partial charge in [-0.3, -0.25) is 4.79 Å². The van der Waals surface area contributed by atoms with Crippen molar-refractivity contribution in [3.63, 3.8) is 0 Å². The normalized spacial score (nSPS) is 11.6. The fourth-order valence-electron chi connectivity index (χ4n) is 2.49. The van der Waals surface area contributed by atoms with Gasteiger partial charge in [0.2, 0.25) is 0 Å². The van der Waals surface area contributed by atoms with Gasteiger partial charge in [-0.2, -0.15) is 0 Å². The highest BCUT2D eigenvalue weighted by molar-refractivity contribution is 7.10. The third-order valence-electron chi connectivity index (χ3n) is 3.75. The Bertz CT molecular complexity index is 930. The second kappa shape index (κ2) is 9.04. The third-order valence-corrected chi connectivity index (χ3v) is 5.25. The summed E-state index contributed by atoms with van der Waals surface area (Å²) >= 11 is 13.4. The lowest BCUT2D eigenvalue weighted by Crippen LogP contribution is -2.32. The second-order valence-electron chi connectivity index (χ2n) is 5.63. The molecule has 0 aliphatic rings. The van der Waals surface area contributed by atoms with E-state index in [2.05, 4.69) is 5.32 Å². The van der Waals surface area contributed by atoms with Crippen LogP contribution in [0.25, 0.3) is 0 Å². The zero-order chi connectivity index (χ0) is 19.2. The summed E-state index contributed by atoms with van der Waals surface area (Å²) in [5.41, 5.74) is 1.06. The Morgan fingerprint density at radius 2 is 1.81 bits per heavy atom. The van der Waals surface area contributed by atoms with Crippen LogP contribution in [0.5, 0.6) is 0 Å². The first kappa shape index (κ1) is 19.4. The number of carbonyl (C=O) groups is 2. The van der Waals surface area contributed by atoms with E-state index in [1.807, 2.05) is 47.8 Å². The van der Waals surface area contributed by atoms with Crippen LogP contribution < -0.4 is 5.32 Å². The molecule has 0 aliphatic heterocycles. The predicted octanol–water partition coefficient (Wildman–Crippen LogP) is 5.12. The Morgan fingerprint density at radius 1 is 1.04 bits per heavy atom. The van der Waals surface area contributed by atoms with E-state index >= 15 is 0 Å². The Kier molecular flexibility index (Phi) is 6.50. The van der Waals surface area contributed by atoms with Gasteiger partial charge in [-0.25, -0.2) is 4.79 Å². The molecule has 27 heavy (non-hydrogen) atoms. The molecule has 7 heteroatoms. The van der Waals surface area contributed by atoms with Gasteiger partial charge >= 0.3 is 5.97 Å². The van der Waals surface area contributed by atoms with Crippen LogP contribution in [0.15, 0.2) is 66.0 Å². The monoisotopic (exact) mass is 419 g/mol. The molecule has 1 atom stereocenters. The lowest BCUT2D eigenvalue weighted by Gasteiger charge is -2.18. The summed E-state index contributed by atoms with van der Waals surface area (Å²) in [6.07, 6.45) is 0. The largest absolute Gasteiger partial charge is 0.452 e. The highest BCUT2D eigenvalue weighted by Crippen LogP contribution is 2.26. The Hall–Kier alpha value is -2.34. The van der Waals surface area contributed by atoms with Crippen molar-refractivity contribution in [1.82, 2.24) is 5.32 Å². The minimum atomic E-state index is -0.704. The molecular formula is C20H15Cl2NO3S. The molecule has 0 aliphatic carbocycles. The summed E-state index contributed by atoms with van der Waals surface area (Å²) in [6.45, 7) is -0.420. The molecule has 0 bridgehead atoms. The minimum Gasteiger partial charge on any atom is -0.452 e. The molecule has 0 saturated carbocycles. The fourth-order valence-corrected chi connectivity index (χ4v) is 3.65. The number of halogens is 2. The van der Waals surface area contributed by atoms with Crippen LogP contribution in [-0.2, 0) is 9.53 Å². The van der Waals surface area contributed by atoms with Crippen LogP contribution >= 0.6 is 34.5 Å². The minimum absolute atomic E-state index is 0.120. The van der Waals surface area contributed by atoms with E-state index in [0.717, 1.165) is 10.4 Å². The van der Waals surface area contributed by atoms with Gasteiger partial charge in [-0.05, 0) is 35.2 Å². The Morgan fingerprint density at radius 3 is 2.52 bits per heavy atom. The smallest absolute Gasteiger partial charge is 0.340 e. The lowest BCUT2D eigenvalue weighted by molar-refractivity contribution is -0.124. The van der Waals surface area contributed by atoms with Crippen molar-refractivity contribution in [3.8, 4) is 0 Å². The molecule has 1 aromatic heterocycles. The molecule has 2 aromatic carbocycles. The topological polar surface area (TPSA) is 55.4 Å². The number of rotatable bonds is 6. The average molecular weight is 420 g/mol. The second-order valence-corrected chi connectivity index (χ2v) is 7.45. The van der Waals surface area contributed by atoms with Crippen LogP contribution in [0.2, 0.25) is 10.0 Å². The molecule has 1 N–H and O–H groups in total. The molecule has 0 spiro atoms. The summed E-state index contributed by atoms with van der Waals surface area (Å²) in [7, 11) is 0. The van der Waals surface area contributed by atoms with Crippen LogP contribution in [0.1, 0.15) is 26.8 Å². The first-order valence-corrected chi connectivity index (χ1v) is 9.68. The maximum absolute atomic E-state index is 12.4. The molecule has 1 amide bonds. The van der Waals surface area contributed by atoms with Gasteiger partial charge in [0.1, 0.15) is 0 Å². The van der Waals surface area contributed by atoms with E-state index in [-0.39, 0.29) is 16.6 Å². The molecule has 138 valence electrons. The standard InChI is InChI=1S/C20H15Cl2NO3S/c21-14-8-9-16(22)15(11-14)20(25)26-12-18(24)23-19(17-7-4-10-27-17)13-5-2-1-3-6-13/h1-11,19H,12H2,(H,23,24). The van der Waals surface area contributed by atoms with E-state index in [1.54, 1.807) is 6.07 Å². The molecule has 0 radical (unpaired) electrons. The van der Waals surface area contributed by atoms with Crippen molar-refractivity contribution in [2.24, 2.45) is 0 Å². The van der Waals surface area contributed by atoms with Crippen molar-refractivity contribution in [2.45, 2.75) is 6.04 Å². The first-order valence-electron chi connectivity index (χ1n) is 8.04. The van der Waals surface area contributed by atoms with E-state index in [9.17, 15) is 9.59 Å². The molecule has 1 unspecified atom stereocenters. The molecule has 1 heterocycles. The molecule has 4 nitrogen and oxygen atoms in total. The number of esters is 1. The third kappa shape index (κ3) is 5.10. The number of thiophene rings is 1. The molecule has 0 saturated heterocycles. The SMILES string of the molecule is O=C(COC(=O)c1cc(Cl)ccc1Cl)NC(c1ccccc1)c1cccs1. The number of hydrogen-bond acceptors (Lipinski definition) is 4. The number of carbonyl (C=O) groups excluding carboxylic acids is 2. The summed E-state index contributed by atoms with van der Waals surface area (Å²) in [4.78, 5) is 25.5. The number of amides is 1. The van der Waals surface area contributed by atoms with Crippen LogP contribution in [0.3, 0.4) is 0 Å². The zero-order valence-corrected chi connectivity index (χ0v) is 16.4. The highest BCUT2D eigenvalue weighted by Gasteiger charge is 2.19. The molecule has 3 rings (SSSR count). The lowest BCUT2D eigenvalue weighted by atomic mass is 10.1. The van der Waals surface area contributed by atoms with Crippen molar-refractivity contribution in [3.05, 3.63) is 92.1 Å². The van der Waals surface area contributed by atoms with E-state index in [0.29, 0.717) is 5.02 Å². The number of ether oxygens (including phenoxy) is 1.